The van der Waals surface area contributed by atoms with E-state index in [0.717, 1.165) is 28.4 Å². The first-order valence-electron chi connectivity index (χ1n) is 6.81. The third-order valence-electron chi connectivity index (χ3n) is 3.79. The largest absolute Gasteiger partial charge is 0.481 e. The molecule has 1 aliphatic rings. The summed E-state index contributed by atoms with van der Waals surface area (Å²) in [6.07, 6.45) is 5.58. The lowest BCUT2D eigenvalue weighted by atomic mass is 9.85. The van der Waals surface area contributed by atoms with E-state index in [4.69, 9.17) is 5.11 Å². The molecule has 0 spiro atoms. The lowest BCUT2D eigenvalue weighted by molar-refractivity contribution is -0.133. The molecular weight excluding hydrogens is 274 g/mol. The third-order valence-corrected chi connectivity index (χ3v) is 4.75. The van der Waals surface area contributed by atoms with Crippen LogP contribution in [0, 0.1) is 12.8 Å². The normalized spacial score (nSPS) is 15.4. The van der Waals surface area contributed by atoms with Gasteiger partial charge in [-0.3, -0.25) is 4.79 Å². The number of carboxylic acids is 1. The van der Waals surface area contributed by atoms with Crippen molar-refractivity contribution in [1.29, 1.82) is 0 Å². The number of carbonyl (C=O) groups is 1. The van der Waals surface area contributed by atoms with E-state index in [2.05, 4.69) is 14.5 Å². The van der Waals surface area contributed by atoms with Crippen LogP contribution in [-0.2, 0) is 11.3 Å². The summed E-state index contributed by atoms with van der Waals surface area (Å²) in [6.45, 7) is 2.91. The number of fused-ring (bicyclic) bond motifs is 1. The molecule has 2 aromatic heterocycles. The fraction of sp³-hybridized carbons (Fsp3) is 0.500. The van der Waals surface area contributed by atoms with Crippen LogP contribution in [0.3, 0.4) is 0 Å². The van der Waals surface area contributed by atoms with Gasteiger partial charge in [-0.2, -0.15) is 0 Å². The van der Waals surface area contributed by atoms with E-state index in [1.807, 2.05) is 13.0 Å². The quantitative estimate of drug-likeness (QED) is 0.858. The van der Waals surface area contributed by atoms with Gasteiger partial charge in [-0.15, -0.1) is 0 Å². The van der Waals surface area contributed by atoms with Crippen molar-refractivity contribution in [2.75, 3.05) is 5.75 Å². The predicted octanol–water partition coefficient (Wildman–Crippen LogP) is 2.72. The van der Waals surface area contributed by atoms with Crippen LogP contribution in [0.4, 0.5) is 0 Å². The fourth-order valence-electron chi connectivity index (χ4n) is 2.45. The minimum atomic E-state index is -0.818. The first kappa shape index (κ1) is 13.4. The molecule has 0 atom stereocenters. The maximum absolute atomic E-state index is 10.8. The molecule has 0 aliphatic heterocycles. The average Bonchev–Trinajstić information content (AvgIpc) is 2.71. The second-order valence-corrected chi connectivity index (χ2v) is 6.23. The monoisotopic (exact) mass is 291 g/mol. The maximum Gasteiger partial charge on any atom is 0.313 e. The minimum absolute atomic E-state index is 0.0348. The summed E-state index contributed by atoms with van der Waals surface area (Å²) in [5.74, 6) is -0.103. The summed E-state index contributed by atoms with van der Waals surface area (Å²) in [4.78, 5) is 19.8. The van der Waals surface area contributed by atoms with Gasteiger partial charge in [0.25, 0.3) is 0 Å². The van der Waals surface area contributed by atoms with Gasteiger partial charge in [0.05, 0.1) is 5.75 Å². The Bertz CT molecular complexity index is 649. The van der Waals surface area contributed by atoms with E-state index < -0.39 is 5.97 Å². The van der Waals surface area contributed by atoms with Gasteiger partial charge < -0.3 is 9.67 Å². The number of imidazole rings is 1. The van der Waals surface area contributed by atoms with E-state index >= 15 is 0 Å². The number of hydrogen-bond acceptors (Lipinski definition) is 4. The second kappa shape index (κ2) is 5.44. The van der Waals surface area contributed by atoms with Crippen molar-refractivity contribution in [3.05, 3.63) is 17.8 Å². The third kappa shape index (κ3) is 2.52. The molecule has 1 saturated carbocycles. The summed E-state index contributed by atoms with van der Waals surface area (Å²) < 4.78 is 2.10. The lowest BCUT2D eigenvalue weighted by Gasteiger charge is -2.26. The van der Waals surface area contributed by atoms with Crippen LogP contribution in [0.1, 0.15) is 24.8 Å². The molecule has 2 aromatic rings. The summed E-state index contributed by atoms with van der Waals surface area (Å²) in [6, 6.07) is 1.94. The Balaban J connectivity index is 1.98. The summed E-state index contributed by atoms with van der Waals surface area (Å²) >= 11 is 1.28. The predicted molar refractivity (Wildman–Crippen MR) is 78.0 cm³/mol. The van der Waals surface area contributed by atoms with Gasteiger partial charge in [-0.05, 0) is 37.3 Å². The highest BCUT2D eigenvalue weighted by molar-refractivity contribution is 7.99. The molecule has 1 aliphatic carbocycles. The Morgan fingerprint density at radius 3 is 3.00 bits per heavy atom. The molecular formula is C14H17N3O2S. The van der Waals surface area contributed by atoms with E-state index in [1.54, 1.807) is 6.20 Å². The molecule has 0 bridgehead atoms. The summed E-state index contributed by atoms with van der Waals surface area (Å²) in [5.41, 5.74) is 2.85. The standard InChI is InChI=1S/C14H17N3O2S/c1-9-5-6-15-13-12(9)16-14(20-8-11(18)19)17(13)7-10-3-2-4-10/h5-6,10H,2-4,7-8H2,1H3,(H,18,19). The summed E-state index contributed by atoms with van der Waals surface area (Å²) in [7, 11) is 0. The van der Waals surface area contributed by atoms with Gasteiger partial charge in [0.1, 0.15) is 5.52 Å². The highest BCUT2D eigenvalue weighted by Crippen LogP contribution is 2.32. The van der Waals surface area contributed by atoms with Crippen molar-refractivity contribution in [1.82, 2.24) is 14.5 Å². The molecule has 6 heteroatoms. The van der Waals surface area contributed by atoms with Gasteiger partial charge in [0.2, 0.25) is 0 Å². The van der Waals surface area contributed by atoms with E-state index in [0.29, 0.717) is 5.92 Å². The molecule has 1 N–H and O–H groups in total. The molecule has 0 unspecified atom stereocenters. The van der Waals surface area contributed by atoms with Crippen LogP contribution in [0.15, 0.2) is 17.4 Å². The molecule has 1 fully saturated rings. The zero-order valence-electron chi connectivity index (χ0n) is 11.4. The number of pyridine rings is 1. The number of aromatic nitrogens is 3. The Morgan fingerprint density at radius 2 is 2.35 bits per heavy atom. The smallest absolute Gasteiger partial charge is 0.313 e. The van der Waals surface area contributed by atoms with E-state index in [-0.39, 0.29) is 5.75 Å². The molecule has 5 nitrogen and oxygen atoms in total. The van der Waals surface area contributed by atoms with Crippen LogP contribution in [0.2, 0.25) is 0 Å². The fourth-order valence-corrected chi connectivity index (χ4v) is 3.18. The number of rotatable bonds is 5. The number of nitrogens with zero attached hydrogens (tertiary/aromatic N) is 3. The average molecular weight is 291 g/mol. The molecule has 20 heavy (non-hydrogen) atoms. The van der Waals surface area contributed by atoms with Crippen LogP contribution in [-0.4, -0.2) is 31.4 Å². The second-order valence-electron chi connectivity index (χ2n) is 5.28. The Kier molecular flexibility index (Phi) is 3.65. The van der Waals surface area contributed by atoms with Crippen molar-refractivity contribution >= 4 is 28.9 Å². The van der Waals surface area contributed by atoms with Crippen LogP contribution in [0.25, 0.3) is 11.2 Å². The highest BCUT2D eigenvalue weighted by Gasteiger charge is 2.22. The zero-order valence-corrected chi connectivity index (χ0v) is 12.2. The lowest BCUT2D eigenvalue weighted by Crippen LogP contribution is -2.19. The van der Waals surface area contributed by atoms with E-state index in [9.17, 15) is 4.79 Å². The van der Waals surface area contributed by atoms with Gasteiger partial charge in [-0.25, -0.2) is 9.97 Å². The number of aryl methyl sites for hydroxylation is 1. The van der Waals surface area contributed by atoms with Gasteiger partial charge >= 0.3 is 5.97 Å². The molecule has 0 saturated heterocycles. The Labute approximate surface area is 121 Å². The minimum Gasteiger partial charge on any atom is -0.481 e. The molecule has 0 amide bonds. The zero-order chi connectivity index (χ0) is 14.1. The molecule has 106 valence electrons. The highest BCUT2D eigenvalue weighted by atomic mass is 32.2. The van der Waals surface area contributed by atoms with Crippen molar-refractivity contribution < 1.29 is 9.90 Å². The van der Waals surface area contributed by atoms with Crippen LogP contribution >= 0.6 is 11.8 Å². The number of carboxylic acid groups (broad SMARTS) is 1. The van der Waals surface area contributed by atoms with Crippen molar-refractivity contribution in [3.63, 3.8) is 0 Å². The van der Waals surface area contributed by atoms with Crippen LogP contribution in [0.5, 0.6) is 0 Å². The topological polar surface area (TPSA) is 68.0 Å². The molecule has 3 rings (SSSR count). The van der Waals surface area contributed by atoms with E-state index in [1.165, 1.54) is 31.0 Å². The van der Waals surface area contributed by atoms with Crippen molar-refractivity contribution in [2.24, 2.45) is 5.92 Å². The van der Waals surface area contributed by atoms with Gasteiger partial charge in [0, 0.05) is 12.7 Å². The first-order valence-corrected chi connectivity index (χ1v) is 7.80. The van der Waals surface area contributed by atoms with Crippen molar-refractivity contribution in [3.8, 4) is 0 Å². The van der Waals surface area contributed by atoms with Crippen LogP contribution < -0.4 is 0 Å². The number of hydrogen-bond donors (Lipinski definition) is 1. The molecule has 0 aromatic carbocycles. The van der Waals surface area contributed by atoms with Gasteiger partial charge in [0.15, 0.2) is 10.8 Å². The maximum atomic E-state index is 10.8. The first-order chi connectivity index (χ1) is 9.65. The van der Waals surface area contributed by atoms with Crippen molar-refractivity contribution in [2.45, 2.75) is 37.9 Å². The number of aliphatic carboxylic acids is 1. The SMILES string of the molecule is Cc1ccnc2c1nc(SCC(=O)O)n2CC1CCC1. The Morgan fingerprint density at radius 1 is 1.55 bits per heavy atom. The molecule has 0 radical (unpaired) electrons. The Hall–Kier alpha value is -1.56. The molecule has 2 heterocycles. The number of thioether (sulfide) groups is 1. The summed E-state index contributed by atoms with van der Waals surface area (Å²) in [5, 5.41) is 9.64. The van der Waals surface area contributed by atoms with Gasteiger partial charge in [-0.1, -0.05) is 18.2 Å².